The van der Waals surface area contributed by atoms with Crippen LogP contribution in [0.3, 0.4) is 0 Å². The third-order valence-corrected chi connectivity index (χ3v) is 3.80. The van der Waals surface area contributed by atoms with Crippen molar-refractivity contribution in [2.75, 3.05) is 7.05 Å². The van der Waals surface area contributed by atoms with Crippen LogP contribution < -0.4 is 10.6 Å². The third-order valence-electron chi connectivity index (χ3n) is 3.80. The van der Waals surface area contributed by atoms with Gasteiger partial charge >= 0.3 is 0 Å². The average Bonchev–Trinajstić information content (AvgIpc) is 2.63. The summed E-state index contributed by atoms with van der Waals surface area (Å²) in [5.41, 5.74) is 3.31. The molecular weight excluding hydrogens is 303 g/mol. The molecule has 0 aliphatic heterocycles. The van der Waals surface area contributed by atoms with E-state index >= 15 is 0 Å². The number of nitriles is 1. The van der Waals surface area contributed by atoms with Crippen LogP contribution in [0.2, 0.25) is 0 Å². The number of aliphatic imine (C=N–C) groups is 1. The molecule has 5 heteroatoms. The molecule has 2 aromatic rings. The second-order valence-corrected chi connectivity index (χ2v) is 5.32. The maximum atomic E-state index is 13.9. The zero-order valence-electron chi connectivity index (χ0n) is 13.9. The van der Waals surface area contributed by atoms with Crippen molar-refractivity contribution in [2.24, 2.45) is 4.99 Å². The minimum atomic E-state index is -0.395. The number of hydrogen-bond acceptors (Lipinski definition) is 2. The fourth-order valence-corrected chi connectivity index (χ4v) is 2.41. The number of nitrogens with one attached hydrogen (secondary N) is 2. The fraction of sp³-hybridized carbons (Fsp3) is 0.263. The van der Waals surface area contributed by atoms with Gasteiger partial charge in [-0.1, -0.05) is 37.3 Å². The monoisotopic (exact) mass is 324 g/mol. The second-order valence-electron chi connectivity index (χ2n) is 5.32. The zero-order valence-corrected chi connectivity index (χ0v) is 13.9. The van der Waals surface area contributed by atoms with Crippen LogP contribution in [-0.2, 0) is 19.5 Å². The largest absolute Gasteiger partial charge is 0.352 e. The van der Waals surface area contributed by atoms with Crippen LogP contribution in [0.25, 0.3) is 0 Å². The van der Waals surface area contributed by atoms with E-state index in [0.717, 1.165) is 6.42 Å². The van der Waals surface area contributed by atoms with Gasteiger partial charge in [0.05, 0.1) is 11.6 Å². The summed E-state index contributed by atoms with van der Waals surface area (Å²) in [5.74, 6) is 0.206. The molecular formula is C19H21FN4. The molecule has 0 fully saturated rings. The first kappa shape index (κ1) is 17.5. The molecule has 0 atom stereocenters. The lowest BCUT2D eigenvalue weighted by Crippen LogP contribution is -2.36. The maximum Gasteiger partial charge on any atom is 0.191 e. The second kappa shape index (κ2) is 8.68. The first-order valence-corrected chi connectivity index (χ1v) is 7.87. The topological polar surface area (TPSA) is 60.2 Å². The van der Waals surface area contributed by atoms with Crippen molar-refractivity contribution in [2.45, 2.75) is 26.4 Å². The van der Waals surface area contributed by atoms with Gasteiger partial charge in [-0.25, -0.2) is 4.39 Å². The molecule has 124 valence electrons. The van der Waals surface area contributed by atoms with Crippen LogP contribution in [0, 0.1) is 17.1 Å². The smallest absolute Gasteiger partial charge is 0.191 e. The number of benzene rings is 2. The number of aryl methyl sites for hydroxylation is 1. The number of guanidine groups is 1. The Hall–Kier alpha value is -2.87. The highest BCUT2D eigenvalue weighted by molar-refractivity contribution is 5.79. The summed E-state index contributed by atoms with van der Waals surface area (Å²) in [6.07, 6.45) is 0.973. The summed E-state index contributed by atoms with van der Waals surface area (Å²) in [4.78, 5) is 4.16. The Morgan fingerprint density at radius 1 is 1.08 bits per heavy atom. The van der Waals surface area contributed by atoms with Crippen molar-refractivity contribution >= 4 is 5.96 Å². The first-order chi connectivity index (χ1) is 11.7. The van der Waals surface area contributed by atoms with Crippen LogP contribution in [0.4, 0.5) is 4.39 Å². The highest BCUT2D eigenvalue weighted by Crippen LogP contribution is 2.10. The summed E-state index contributed by atoms with van der Waals surface area (Å²) in [5, 5.41) is 15.1. The lowest BCUT2D eigenvalue weighted by Gasteiger charge is -2.14. The quantitative estimate of drug-likeness (QED) is 0.656. The van der Waals surface area contributed by atoms with Gasteiger partial charge < -0.3 is 10.6 Å². The van der Waals surface area contributed by atoms with E-state index in [2.05, 4.69) is 34.7 Å². The standard InChI is InChI=1S/C19H21FN4/c1-3-15-6-4-5-7-16(15)12-23-19(22-2)24-13-17-9-8-14(11-21)10-18(17)20/h4-10H,3,12-13H2,1-2H3,(H2,22,23,24). The number of hydrogen-bond donors (Lipinski definition) is 2. The molecule has 0 radical (unpaired) electrons. The molecule has 0 heterocycles. The van der Waals surface area contributed by atoms with Gasteiger partial charge in [0.2, 0.25) is 0 Å². The summed E-state index contributed by atoms with van der Waals surface area (Å²) < 4.78 is 13.9. The molecule has 24 heavy (non-hydrogen) atoms. The number of nitrogens with zero attached hydrogens (tertiary/aromatic N) is 2. The van der Waals surface area contributed by atoms with Gasteiger partial charge in [-0.05, 0) is 29.7 Å². The fourth-order valence-electron chi connectivity index (χ4n) is 2.41. The predicted molar refractivity (Wildman–Crippen MR) is 94.0 cm³/mol. The normalized spacial score (nSPS) is 11.0. The first-order valence-electron chi connectivity index (χ1n) is 7.87. The molecule has 0 amide bonds. The van der Waals surface area contributed by atoms with Gasteiger partial charge in [-0.3, -0.25) is 4.99 Å². The predicted octanol–water partition coefficient (Wildman–Crippen LogP) is 3.12. The molecule has 0 aromatic heterocycles. The van der Waals surface area contributed by atoms with E-state index < -0.39 is 5.82 Å². The van der Waals surface area contributed by atoms with E-state index in [0.29, 0.717) is 30.2 Å². The lowest BCUT2D eigenvalue weighted by atomic mass is 10.1. The SMILES string of the molecule is CCc1ccccc1CNC(=NC)NCc1ccc(C#N)cc1F. The van der Waals surface area contributed by atoms with Crippen LogP contribution in [0.1, 0.15) is 29.2 Å². The molecule has 0 unspecified atom stereocenters. The molecule has 2 aromatic carbocycles. The molecule has 2 N–H and O–H groups in total. The van der Waals surface area contributed by atoms with Gasteiger partial charge in [-0.2, -0.15) is 5.26 Å². The summed E-state index contributed by atoms with van der Waals surface area (Å²) >= 11 is 0. The van der Waals surface area contributed by atoms with E-state index in [-0.39, 0.29) is 0 Å². The molecule has 4 nitrogen and oxygen atoms in total. The van der Waals surface area contributed by atoms with E-state index in [1.807, 2.05) is 18.2 Å². The Labute approximate surface area is 142 Å². The Morgan fingerprint density at radius 3 is 2.33 bits per heavy atom. The van der Waals surface area contributed by atoms with Gasteiger partial charge in [0, 0.05) is 25.7 Å². The Kier molecular flexibility index (Phi) is 6.32. The Balaban J connectivity index is 1.95. The van der Waals surface area contributed by atoms with Crippen LogP contribution in [0.5, 0.6) is 0 Å². The molecule has 0 aliphatic rings. The van der Waals surface area contributed by atoms with Gasteiger partial charge in [0.15, 0.2) is 5.96 Å². The highest BCUT2D eigenvalue weighted by atomic mass is 19.1. The van der Waals surface area contributed by atoms with Gasteiger partial charge in [0.1, 0.15) is 5.82 Å². The summed E-state index contributed by atoms with van der Waals surface area (Å²) in [6.45, 7) is 3.08. The highest BCUT2D eigenvalue weighted by Gasteiger charge is 2.06. The zero-order chi connectivity index (χ0) is 17.4. The van der Waals surface area contributed by atoms with Crippen molar-refractivity contribution in [3.05, 3.63) is 70.5 Å². The number of rotatable bonds is 5. The summed E-state index contributed by atoms with van der Waals surface area (Å²) in [6, 6.07) is 14.6. The van der Waals surface area contributed by atoms with Gasteiger partial charge in [-0.15, -0.1) is 0 Å². The van der Waals surface area contributed by atoms with Crippen molar-refractivity contribution in [1.82, 2.24) is 10.6 Å². The Bertz CT molecular complexity index is 762. The third kappa shape index (κ3) is 4.56. The molecule has 0 aliphatic carbocycles. The Morgan fingerprint density at radius 2 is 1.75 bits per heavy atom. The minimum Gasteiger partial charge on any atom is -0.352 e. The molecule has 2 rings (SSSR count). The van der Waals surface area contributed by atoms with Crippen molar-refractivity contribution in [3.8, 4) is 6.07 Å². The summed E-state index contributed by atoms with van der Waals surface area (Å²) in [7, 11) is 1.68. The van der Waals surface area contributed by atoms with Gasteiger partial charge in [0.25, 0.3) is 0 Å². The molecule has 0 bridgehead atoms. The number of halogens is 1. The van der Waals surface area contributed by atoms with E-state index in [9.17, 15) is 4.39 Å². The van der Waals surface area contributed by atoms with E-state index in [4.69, 9.17) is 5.26 Å². The minimum absolute atomic E-state index is 0.298. The molecule has 0 saturated carbocycles. The molecule has 0 spiro atoms. The lowest BCUT2D eigenvalue weighted by molar-refractivity contribution is 0.604. The average molecular weight is 324 g/mol. The maximum absolute atomic E-state index is 13.9. The van der Waals surface area contributed by atoms with Crippen LogP contribution in [0.15, 0.2) is 47.5 Å². The molecule has 0 saturated heterocycles. The van der Waals surface area contributed by atoms with E-state index in [1.165, 1.54) is 17.2 Å². The van der Waals surface area contributed by atoms with Crippen LogP contribution in [-0.4, -0.2) is 13.0 Å². The van der Waals surface area contributed by atoms with Crippen molar-refractivity contribution in [3.63, 3.8) is 0 Å². The van der Waals surface area contributed by atoms with Crippen molar-refractivity contribution in [1.29, 1.82) is 5.26 Å². The van der Waals surface area contributed by atoms with E-state index in [1.54, 1.807) is 19.2 Å². The van der Waals surface area contributed by atoms with Crippen LogP contribution >= 0.6 is 0 Å². The van der Waals surface area contributed by atoms with Crippen molar-refractivity contribution < 1.29 is 4.39 Å².